The molecule has 2 heterocycles. The van der Waals surface area contributed by atoms with Crippen LogP contribution in [0, 0.1) is 0 Å². The highest BCUT2D eigenvalue weighted by atomic mass is 35.5. The van der Waals surface area contributed by atoms with Gasteiger partial charge < -0.3 is 10.2 Å². The summed E-state index contributed by atoms with van der Waals surface area (Å²) in [5, 5.41) is 11.7. The molecule has 4 nitrogen and oxygen atoms in total. The van der Waals surface area contributed by atoms with Crippen LogP contribution in [-0.4, -0.2) is 35.9 Å². The molecular weight excluding hydrogens is 235 g/mol. The number of hydrogen-bond donors (Lipinski definition) is 1. The minimum atomic E-state index is 0. The summed E-state index contributed by atoms with van der Waals surface area (Å²) in [5.41, 5.74) is 0. The van der Waals surface area contributed by atoms with Gasteiger partial charge in [-0.2, -0.15) is 0 Å². The second kappa shape index (κ2) is 5.49. The molecule has 1 N–H and O–H groups in total. The van der Waals surface area contributed by atoms with E-state index in [1.54, 1.807) is 6.07 Å². The Kier molecular flexibility index (Phi) is 4.57. The molecule has 0 aromatic carbocycles. The second-order valence-electron chi connectivity index (χ2n) is 3.46. The Morgan fingerprint density at radius 3 is 2.87 bits per heavy atom. The summed E-state index contributed by atoms with van der Waals surface area (Å²) in [6.07, 6.45) is 0. The standard InChI is InChI=1S/C9H13ClN4.ClH/c1-7-6-11-4-5-14(7)9-3-2-8(10)12-13-9;/h2-3,7,11H,4-6H2,1H3;1H. The smallest absolute Gasteiger partial charge is 0.151 e. The predicted octanol–water partition coefficient (Wildman–Crippen LogP) is 1.35. The van der Waals surface area contributed by atoms with Gasteiger partial charge in [0.15, 0.2) is 11.0 Å². The van der Waals surface area contributed by atoms with Crippen molar-refractivity contribution in [2.75, 3.05) is 24.5 Å². The third-order valence-corrected chi connectivity index (χ3v) is 2.62. The van der Waals surface area contributed by atoms with Crippen LogP contribution in [0.15, 0.2) is 12.1 Å². The minimum Gasteiger partial charge on any atom is -0.350 e. The third kappa shape index (κ3) is 2.93. The molecular formula is C9H14Cl2N4. The van der Waals surface area contributed by atoms with E-state index in [4.69, 9.17) is 11.6 Å². The van der Waals surface area contributed by atoms with E-state index in [2.05, 4.69) is 27.3 Å². The van der Waals surface area contributed by atoms with E-state index in [0.29, 0.717) is 11.2 Å². The zero-order chi connectivity index (χ0) is 9.97. The number of rotatable bonds is 1. The fourth-order valence-electron chi connectivity index (χ4n) is 1.64. The summed E-state index contributed by atoms with van der Waals surface area (Å²) < 4.78 is 0. The van der Waals surface area contributed by atoms with Gasteiger partial charge in [0, 0.05) is 25.7 Å². The Morgan fingerprint density at radius 1 is 1.47 bits per heavy atom. The third-order valence-electron chi connectivity index (χ3n) is 2.41. The molecule has 2 rings (SSSR count). The van der Waals surface area contributed by atoms with Gasteiger partial charge in [-0.1, -0.05) is 11.6 Å². The Hall–Kier alpha value is -0.580. The molecule has 0 radical (unpaired) electrons. The Balaban J connectivity index is 0.00000112. The summed E-state index contributed by atoms with van der Waals surface area (Å²) in [6.45, 7) is 5.12. The number of piperazine rings is 1. The molecule has 1 atom stereocenters. The molecule has 15 heavy (non-hydrogen) atoms. The molecule has 0 spiro atoms. The van der Waals surface area contributed by atoms with Crippen LogP contribution in [-0.2, 0) is 0 Å². The van der Waals surface area contributed by atoms with Crippen LogP contribution in [0.1, 0.15) is 6.92 Å². The zero-order valence-corrected chi connectivity index (χ0v) is 10.1. The van der Waals surface area contributed by atoms with Crippen LogP contribution < -0.4 is 10.2 Å². The van der Waals surface area contributed by atoms with Crippen LogP contribution in [0.3, 0.4) is 0 Å². The molecule has 1 aromatic heterocycles. The summed E-state index contributed by atoms with van der Waals surface area (Å²) in [5.74, 6) is 0.906. The lowest BCUT2D eigenvalue weighted by Crippen LogP contribution is -2.50. The van der Waals surface area contributed by atoms with Gasteiger partial charge in [-0.25, -0.2) is 0 Å². The molecule has 1 aromatic rings. The van der Waals surface area contributed by atoms with Crippen LogP contribution in [0.25, 0.3) is 0 Å². The zero-order valence-electron chi connectivity index (χ0n) is 8.48. The molecule has 1 saturated heterocycles. The summed E-state index contributed by atoms with van der Waals surface area (Å²) in [6, 6.07) is 4.15. The van der Waals surface area contributed by atoms with Crippen molar-refractivity contribution in [1.82, 2.24) is 15.5 Å². The summed E-state index contributed by atoms with van der Waals surface area (Å²) in [4.78, 5) is 2.24. The van der Waals surface area contributed by atoms with Gasteiger partial charge in [-0.15, -0.1) is 22.6 Å². The first-order valence-corrected chi connectivity index (χ1v) is 5.12. The van der Waals surface area contributed by atoms with Gasteiger partial charge in [-0.3, -0.25) is 0 Å². The highest BCUT2D eigenvalue weighted by Gasteiger charge is 2.19. The number of nitrogens with zero attached hydrogens (tertiary/aromatic N) is 3. The molecule has 0 saturated carbocycles. The first kappa shape index (κ1) is 12.5. The molecule has 1 unspecified atom stereocenters. The number of aromatic nitrogens is 2. The number of anilines is 1. The quantitative estimate of drug-likeness (QED) is 0.815. The maximum atomic E-state index is 5.68. The van der Waals surface area contributed by atoms with E-state index >= 15 is 0 Å². The van der Waals surface area contributed by atoms with Gasteiger partial charge in [0.2, 0.25) is 0 Å². The maximum absolute atomic E-state index is 5.68. The molecule has 0 bridgehead atoms. The van der Waals surface area contributed by atoms with Crippen molar-refractivity contribution in [1.29, 1.82) is 0 Å². The Bertz CT molecular complexity index is 303. The van der Waals surface area contributed by atoms with Crippen molar-refractivity contribution in [3.63, 3.8) is 0 Å². The van der Waals surface area contributed by atoms with E-state index in [1.807, 2.05) is 6.07 Å². The van der Waals surface area contributed by atoms with Gasteiger partial charge in [0.25, 0.3) is 0 Å². The Labute approximate surface area is 100 Å². The van der Waals surface area contributed by atoms with E-state index in [0.717, 1.165) is 25.5 Å². The molecule has 6 heteroatoms. The average molecular weight is 249 g/mol. The van der Waals surface area contributed by atoms with Crippen molar-refractivity contribution in [3.8, 4) is 0 Å². The predicted molar refractivity (Wildman–Crippen MR) is 64.0 cm³/mol. The SMILES string of the molecule is CC1CNCCN1c1ccc(Cl)nn1.Cl. The Morgan fingerprint density at radius 2 is 2.27 bits per heavy atom. The van der Waals surface area contributed by atoms with E-state index in [-0.39, 0.29) is 12.4 Å². The second-order valence-corrected chi connectivity index (χ2v) is 3.85. The molecule has 1 fully saturated rings. The molecule has 0 aliphatic carbocycles. The van der Waals surface area contributed by atoms with Crippen LogP contribution >= 0.6 is 24.0 Å². The van der Waals surface area contributed by atoms with Gasteiger partial charge in [0.05, 0.1) is 0 Å². The lowest BCUT2D eigenvalue weighted by molar-refractivity contribution is 0.495. The minimum absolute atomic E-state index is 0. The largest absolute Gasteiger partial charge is 0.350 e. The van der Waals surface area contributed by atoms with Gasteiger partial charge in [-0.05, 0) is 19.1 Å². The fourth-order valence-corrected chi connectivity index (χ4v) is 1.74. The van der Waals surface area contributed by atoms with Crippen molar-refractivity contribution in [2.24, 2.45) is 0 Å². The van der Waals surface area contributed by atoms with Crippen molar-refractivity contribution in [3.05, 3.63) is 17.3 Å². The van der Waals surface area contributed by atoms with E-state index in [1.165, 1.54) is 0 Å². The number of hydrogen-bond acceptors (Lipinski definition) is 4. The van der Waals surface area contributed by atoms with Gasteiger partial charge >= 0.3 is 0 Å². The van der Waals surface area contributed by atoms with Crippen LogP contribution in [0.5, 0.6) is 0 Å². The molecule has 0 amide bonds. The highest BCUT2D eigenvalue weighted by molar-refractivity contribution is 6.29. The van der Waals surface area contributed by atoms with Gasteiger partial charge in [0.1, 0.15) is 0 Å². The molecule has 1 aliphatic rings. The normalized spacial score (nSPS) is 20.9. The first-order chi connectivity index (χ1) is 6.77. The first-order valence-electron chi connectivity index (χ1n) is 4.74. The number of halogens is 2. The van der Waals surface area contributed by atoms with Crippen LogP contribution in [0.4, 0.5) is 5.82 Å². The topological polar surface area (TPSA) is 41.0 Å². The fraction of sp³-hybridized carbons (Fsp3) is 0.556. The number of nitrogens with one attached hydrogen (secondary N) is 1. The lowest BCUT2D eigenvalue weighted by atomic mass is 10.2. The van der Waals surface area contributed by atoms with Crippen LogP contribution in [0.2, 0.25) is 5.15 Å². The monoisotopic (exact) mass is 248 g/mol. The van der Waals surface area contributed by atoms with Crippen molar-refractivity contribution in [2.45, 2.75) is 13.0 Å². The maximum Gasteiger partial charge on any atom is 0.151 e. The highest BCUT2D eigenvalue weighted by Crippen LogP contribution is 2.15. The summed E-state index contributed by atoms with van der Waals surface area (Å²) in [7, 11) is 0. The lowest BCUT2D eigenvalue weighted by Gasteiger charge is -2.34. The molecule has 84 valence electrons. The van der Waals surface area contributed by atoms with E-state index < -0.39 is 0 Å². The van der Waals surface area contributed by atoms with Crippen molar-refractivity contribution < 1.29 is 0 Å². The van der Waals surface area contributed by atoms with E-state index in [9.17, 15) is 0 Å². The average Bonchev–Trinajstić information content (AvgIpc) is 2.20. The molecule has 1 aliphatic heterocycles. The summed E-state index contributed by atoms with van der Waals surface area (Å²) >= 11 is 5.68. The van der Waals surface area contributed by atoms with Crippen molar-refractivity contribution >= 4 is 29.8 Å².